The zero-order valence-electron chi connectivity index (χ0n) is 7.80. The summed E-state index contributed by atoms with van der Waals surface area (Å²) in [6.45, 7) is 2.69. The zero-order chi connectivity index (χ0) is 10.6. The van der Waals surface area contributed by atoms with Gasteiger partial charge in [0, 0.05) is 19.3 Å². The van der Waals surface area contributed by atoms with Crippen molar-refractivity contribution in [1.29, 1.82) is 0 Å². The van der Waals surface area contributed by atoms with Gasteiger partial charge in [0.15, 0.2) is 0 Å². The molecule has 78 valence electrons. The maximum absolute atomic E-state index is 8.81. The third kappa shape index (κ3) is 3.33. The maximum atomic E-state index is 8.81. The van der Waals surface area contributed by atoms with Gasteiger partial charge in [-0.3, -0.25) is 0 Å². The summed E-state index contributed by atoms with van der Waals surface area (Å²) in [6.07, 6.45) is 1.53. The van der Waals surface area contributed by atoms with Crippen molar-refractivity contribution in [2.24, 2.45) is 5.92 Å². The van der Waals surface area contributed by atoms with E-state index in [1.807, 2.05) is 6.92 Å². The lowest BCUT2D eigenvalue weighted by Gasteiger charge is -2.10. The van der Waals surface area contributed by atoms with Crippen LogP contribution in [0.2, 0.25) is 10.0 Å². The smallest absolute Gasteiger partial charge is 0.144 e. The van der Waals surface area contributed by atoms with Crippen molar-refractivity contribution in [1.82, 2.24) is 4.98 Å². The molecule has 0 bridgehead atoms. The van der Waals surface area contributed by atoms with E-state index >= 15 is 0 Å². The molecule has 1 heterocycles. The molecule has 0 aromatic carbocycles. The third-order valence-corrected chi connectivity index (χ3v) is 2.23. The van der Waals surface area contributed by atoms with Crippen LogP contribution in [0.25, 0.3) is 0 Å². The van der Waals surface area contributed by atoms with E-state index in [9.17, 15) is 0 Å². The van der Waals surface area contributed by atoms with Crippen molar-refractivity contribution >= 4 is 29.0 Å². The molecule has 1 unspecified atom stereocenters. The summed E-state index contributed by atoms with van der Waals surface area (Å²) in [7, 11) is 0. The highest BCUT2D eigenvalue weighted by molar-refractivity contribution is 6.35. The Morgan fingerprint density at radius 3 is 2.86 bits per heavy atom. The van der Waals surface area contributed by atoms with Gasteiger partial charge in [0.05, 0.1) is 10.0 Å². The van der Waals surface area contributed by atoms with Crippen LogP contribution in [0.4, 0.5) is 5.82 Å². The van der Waals surface area contributed by atoms with Gasteiger partial charge >= 0.3 is 0 Å². The van der Waals surface area contributed by atoms with Gasteiger partial charge in [-0.25, -0.2) is 4.98 Å². The zero-order valence-corrected chi connectivity index (χ0v) is 9.31. The Morgan fingerprint density at radius 1 is 1.57 bits per heavy atom. The quantitative estimate of drug-likeness (QED) is 0.842. The number of hydrogen-bond acceptors (Lipinski definition) is 3. The molecule has 0 aliphatic carbocycles. The van der Waals surface area contributed by atoms with Crippen molar-refractivity contribution in [3.63, 3.8) is 0 Å². The highest BCUT2D eigenvalue weighted by Gasteiger charge is 2.04. The van der Waals surface area contributed by atoms with Crippen LogP contribution in [0.5, 0.6) is 0 Å². The first-order chi connectivity index (χ1) is 6.63. The molecule has 0 spiro atoms. The highest BCUT2D eigenvalue weighted by atomic mass is 35.5. The third-order valence-electron chi connectivity index (χ3n) is 1.74. The maximum Gasteiger partial charge on any atom is 0.144 e. The minimum atomic E-state index is 0.137. The molecule has 1 rings (SSSR count). The van der Waals surface area contributed by atoms with Crippen LogP contribution in [0.15, 0.2) is 12.3 Å². The van der Waals surface area contributed by atoms with Gasteiger partial charge in [0.25, 0.3) is 0 Å². The Morgan fingerprint density at radius 2 is 2.29 bits per heavy atom. The van der Waals surface area contributed by atoms with Gasteiger partial charge in [0.1, 0.15) is 5.82 Å². The van der Waals surface area contributed by atoms with Crippen LogP contribution in [-0.4, -0.2) is 23.2 Å². The Kier molecular flexibility index (Phi) is 4.45. The van der Waals surface area contributed by atoms with Gasteiger partial charge in [0.2, 0.25) is 0 Å². The molecule has 0 saturated heterocycles. The molecule has 0 fully saturated rings. The Labute approximate surface area is 93.1 Å². The van der Waals surface area contributed by atoms with E-state index < -0.39 is 0 Å². The highest BCUT2D eigenvalue weighted by Crippen LogP contribution is 2.22. The molecule has 1 aromatic rings. The molecule has 0 aliphatic rings. The minimum absolute atomic E-state index is 0.137. The normalized spacial score (nSPS) is 12.6. The van der Waals surface area contributed by atoms with Crippen molar-refractivity contribution in [3.05, 3.63) is 22.3 Å². The number of aromatic nitrogens is 1. The average molecular weight is 235 g/mol. The average Bonchev–Trinajstić information content (AvgIpc) is 2.16. The number of halogens is 2. The molecule has 1 atom stereocenters. The topological polar surface area (TPSA) is 45.1 Å². The van der Waals surface area contributed by atoms with E-state index in [1.54, 1.807) is 6.07 Å². The number of pyridine rings is 1. The standard InChI is InChI=1S/C9H12Cl2N2O/c1-6(5-14)3-12-9-8(11)2-7(10)4-13-9/h2,4,6,14H,3,5H2,1H3,(H,12,13). The van der Waals surface area contributed by atoms with Crippen LogP contribution in [0.3, 0.4) is 0 Å². The van der Waals surface area contributed by atoms with Crippen molar-refractivity contribution < 1.29 is 5.11 Å². The van der Waals surface area contributed by atoms with Crippen LogP contribution in [0.1, 0.15) is 6.92 Å². The Balaban J connectivity index is 2.59. The Bertz CT molecular complexity index is 307. The Hall–Kier alpha value is -0.510. The fourth-order valence-corrected chi connectivity index (χ4v) is 1.33. The summed E-state index contributed by atoms with van der Waals surface area (Å²) in [4.78, 5) is 4.03. The number of hydrogen-bond donors (Lipinski definition) is 2. The second-order valence-electron chi connectivity index (χ2n) is 3.15. The summed E-state index contributed by atoms with van der Waals surface area (Å²) in [6, 6.07) is 1.63. The number of nitrogens with one attached hydrogen (secondary N) is 1. The van der Waals surface area contributed by atoms with Gasteiger partial charge in [-0.1, -0.05) is 30.1 Å². The number of aliphatic hydroxyl groups is 1. The van der Waals surface area contributed by atoms with Gasteiger partial charge in [-0.05, 0) is 12.0 Å². The van der Waals surface area contributed by atoms with E-state index in [-0.39, 0.29) is 12.5 Å². The summed E-state index contributed by atoms with van der Waals surface area (Å²) < 4.78 is 0. The number of rotatable bonds is 4. The SMILES string of the molecule is CC(CO)CNc1ncc(Cl)cc1Cl. The first-order valence-electron chi connectivity index (χ1n) is 4.29. The van der Waals surface area contributed by atoms with E-state index in [0.717, 1.165) is 0 Å². The summed E-state index contributed by atoms with van der Waals surface area (Å²) >= 11 is 11.6. The molecule has 5 heteroatoms. The van der Waals surface area contributed by atoms with Crippen LogP contribution >= 0.6 is 23.2 Å². The summed E-state index contributed by atoms with van der Waals surface area (Å²) in [5.74, 6) is 0.764. The van der Waals surface area contributed by atoms with Crippen LogP contribution in [-0.2, 0) is 0 Å². The van der Waals surface area contributed by atoms with Gasteiger partial charge < -0.3 is 10.4 Å². The predicted molar refractivity (Wildman–Crippen MR) is 59.0 cm³/mol. The molecular weight excluding hydrogens is 223 g/mol. The lowest BCUT2D eigenvalue weighted by Crippen LogP contribution is -2.15. The molecule has 1 aromatic heterocycles. The summed E-state index contributed by atoms with van der Waals surface area (Å²) in [5, 5.41) is 12.8. The molecule has 0 aliphatic heterocycles. The molecule has 3 nitrogen and oxygen atoms in total. The lowest BCUT2D eigenvalue weighted by atomic mass is 10.2. The van der Waals surface area contributed by atoms with E-state index in [4.69, 9.17) is 28.3 Å². The van der Waals surface area contributed by atoms with Crippen molar-refractivity contribution in [2.75, 3.05) is 18.5 Å². The fraction of sp³-hybridized carbons (Fsp3) is 0.444. The minimum Gasteiger partial charge on any atom is -0.396 e. The van der Waals surface area contributed by atoms with E-state index in [1.165, 1.54) is 6.20 Å². The monoisotopic (exact) mass is 234 g/mol. The summed E-state index contributed by atoms with van der Waals surface area (Å²) in [5.41, 5.74) is 0. The molecule has 2 N–H and O–H groups in total. The van der Waals surface area contributed by atoms with E-state index in [0.29, 0.717) is 22.4 Å². The second kappa shape index (κ2) is 5.39. The molecular formula is C9H12Cl2N2O. The fourth-order valence-electron chi connectivity index (χ4n) is 0.880. The first-order valence-corrected chi connectivity index (χ1v) is 5.05. The molecule has 0 saturated carbocycles. The largest absolute Gasteiger partial charge is 0.396 e. The van der Waals surface area contributed by atoms with Crippen molar-refractivity contribution in [3.8, 4) is 0 Å². The molecule has 0 amide bonds. The van der Waals surface area contributed by atoms with Crippen LogP contribution < -0.4 is 5.32 Å². The number of nitrogens with zero attached hydrogens (tertiary/aromatic N) is 1. The van der Waals surface area contributed by atoms with Gasteiger partial charge in [-0.15, -0.1) is 0 Å². The molecule has 0 radical (unpaired) electrons. The first kappa shape index (κ1) is 11.6. The predicted octanol–water partition coefficient (Wildman–Crippen LogP) is 2.43. The second-order valence-corrected chi connectivity index (χ2v) is 4.00. The molecule has 14 heavy (non-hydrogen) atoms. The number of anilines is 1. The van der Waals surface area contributed by atoms with Crippen LogP contribution in [0, 0.1) is 5.92 Å². The van der Waals surface area contributed by atoms with E-state index in [2.05, 4.69) is 10.3 Å². The number of aliphatic hydroxyl groups excluding tert-OH is 1. The lowest BCUT2D eigenvalue weighted by molar-refractivity contribution is 0.244. The van der Waals surface area contributed by atoms with Gasteiger partial charge in [-0.2, -0.15) is 0 Å². The van der Waals surface area contributed by atoms with Crippen molar-refractivity contribution in [2.45, 2.75) is 6.92 Å².